The number of halogens is 2. The third-order valence-corrected chi connectivity index (χ3v) is 4.35. The van der Waals surface area contributed by atoms with Crippen molar-refractivity contribution in [2.24, 2.45) is 5.41 Å². The van der Waals surface area contributed by atoms with Crippen molar-refractivity contribution in [3.05, 3.63) is 58.3 Å². The maximum Gasteiger partial charge on any atom is 0.240 e. The summed E-state index contributed by atoms with van der Waals surface area (Å²) in [6, 6.07) is 8.42. The van der Waals surface area contributed by atoms with Gasteiger partial charge in [0.05, 0.1) is 0 Å². The van der Waals surface area contributed by atoms with Crippen molar-refractivity contribution >= 4 is 40.7 Å². The molecular weight excluding hydrogens is 349 g/mol. The van der Waals surface area contributed by atoms with Crippen molar-refractivity contribution in [1.82, 2.24) is 10.3 Å². The molecule has 0 aliphatic heterocycles. The molecule has 0 radical (unpaired) electrons. The number of carbonyl (C=O) groups excluding carboxylic acids is 2. The largest absolute Gasteiger partial charge is 0.351 e. The van der Waals surface area contributed by atoms with Gasteiger partial charge in [0.1, 0.15) is 5.41 Å². The molecule has 0 unspecified atom stereocenters. The molecule has 2 aromatic rings. The minimum Gasteiger partial charge on any atom is -0.351 e. The molecule has 0 bridgehead atoms. The number of hydrogen-bond donors (Lipinski definition) is 2. The van der Waals surface area contributed by atoms with Gasteiger partial charge < -0.3 is 10.6 Å². The van der Waals surface area contributed by atoms with Crippen LogP contribution in [0.4, 0.5) is 5.69 Å². The summed E-state index contributed by atoms with van der Waals surface area (Å²) < 4.78 is 0. The van der Waals surface area contributed by atoms with Crippen LogP contribution in [-0.4, -0.2) is 16.8 Å². The first-order chi connectivity index (χ1) is 11.5. The van der Waals surface area contributed by atoms with E-state index in [2.05, 4.69) is 15.6 Å². The van der Waals surface area contributed by atoms with Crippen LogP contribution >= 0.6 is 23.2 Å². The van der Waals surface area contributed by atoms with Gasteiger partial charge in [-0.15, -0.1) is 0 Å². The number of anilines is 1. The molecule has 0 atom stereocenters. The van der Waals surface area contributed by atoms with E-state index in [1.807, 2.05) is 6.07 Å². The average Bonchev–Trinajstić information content (AvgIpc) is 3.34. The lowest BCUT2D eigenvalue weighted by Gasteiger charge is -2.15. The van der Waals surface area contributed by atoms with Gasteiger partial charge in [-0.2, -0.15) is 0 Å². The second kappa shape index (κ2) is 6.79. The lowest BCUT2D eigenvalue weighted by atomic mass is 10.0. The third-order valence-electron chi connectivity index (χ3n) is 3.92. The average molecular weight is 364 g/mol. The molecule has 2 amide bonds. The number of nitrogens with one attached hydrogen (secondary N) is 2. The summed E-state index contributed by atoms with van der Waals surface area (Å²) in [6.07, 6.45) is 4.38. The maximum atomic E-state index is 12.5. The van der Waals surface area contributed by atoms with Gasteiger partial charge in [0.25, 0.3) is 0 Å². The van der Waals surface area contributed by atoms with E-state index in [1.165, 1.54) is 0 Å². The smallest absolute Gasteiger partial charge is 0.240 e. The second-order valence-electron chi connectivity index (χ2n) is 5.74. The fraction of sp³-hybridized carbons (Fsp3) is 0.235. The highest BCUT2D eigenvalue weighted by Gasteiger charge is 2.56. The van der Waals surface area contributed by atoms with Crippen LogP contribution in [0.15, 0.2) is 42.7 Å². The molecule has 7 heteroatoms. The molecule has 0 saturated heterocycles. The molecule has 3 rings (SSSR count). The van der Waals surface area contributed by atoms with Gasteiger partial charge in [-0.25, -0.2) is 0 Å². The summed E-state index contributed by atoms with van der Waals surface area (Å²) in [6.45, 7) is 0.338. The van der Waals surface area contributed by atoms with Gasteiger partial charge in [-0.1, -0.05) is 29.3 Å². The van der Waals surface area contributed by atoms with Crippen LogP contribution in [0.5, 0.6) is 0 Å². The zero-order valence-corrected chi connectivity index (χ0v) is 14.2. The Balaban J connectivity index is 1.64. The molecule has 5 nitrogen and oxygen atoms in total. The van der Waals surface area contributed by atoms with E-state index in [0.717, 1.165) is 5.56 Å². The maximum absolute atomic E-state index is 12.5. The lowest BCUT2D eigenvalue weighted by Crippen LogP contribution is -2.39. The number of nitrogens with zero attached hydrogens (tertiary/aromatic N) is 1. The standard InChI is InChI=1S/C17H15Cl2N3O2/c18-12-6-13(19)8-14(7-12)22-16(24)17(3-4-17)15(23)21-10-11-2-1-5-20-9-11/h1-2,5-9H,3-4,10H2,(H,21,23)(H,22,24). The normalized spacial score (nSPS) is 14.8. The Morgan fingerprint density at radius 2 is 1.83 bits per heavy atom. The molecule has 2 N–H and O–H groups in total. The first-order valence-corrected chi connectivity index (χ1v) is 8.20. The molecule has 1 aliphatic carbocycles. The molecular formula is C17H15Cl2N3O2. The molecule has 1 heterocycles. The zero-order valence-electron chi connectivity index (χ0n) is 12.7. The van der Waals surface area contributed by atoms with E-state index in [0.29, 0.717) is 35.1 Å². The van der Waals surface area contributed by atoms with Gasteiger partial charge >= 0.3 is 0 Å². The number of pyridine rings is 1. The number of carbonyl (C=O) groups is 2. The highest BCUT2D eigenvalue weighted by atomic mass is 35.5. The predicted molar refractivity (Wildman–Crippen MR) is 92.8 cm³/mol. The van der Waals surface area contributed by atoms with Gasteiger partial charge in [0.15, 0.2) is 0 Å². The van der Waals surface area contributed by atoms with Crippen molar-refractivity contribution in [3.8, 4) is 0 Å². The van der Waals surface area contributed by atoms with E-state index in [-0.39, 0.29) is 11.8 Å². The van der Waals surface area contributed by atoms with Crippen LogP contribution < -0.4 is 10.6 Å². The van der Waals surface area contributed by atoms with Crippen molar-refractivity contribution in [3.63, 3.8) is 0 Å². The number of rotatable bonds is 5. The fourth-order valence-corrected chi connectivity index (χ4v) is 2.94. The van der Waals surface area contributed by atoms with Gasteiger partial charge in [-0.05, 0) is 42.7 Å². The van der Waals surface area contributed by atoms with Gasteiger partial charge in [0.2, 0.25) is 11.8 Å². The second-order valence-corrected chi connectivity index (χ2v) is 6.61. The highest BCUT2D eigenvalue weighted by molar-refractivity contribution is 6.35. The van der Waals surface area contributed by atoms with Crippen LogP contribution in [-0.2, 0) is 16.1 Å². The minimum atomic E-state index is -1.02. The number of hydrogen-bond acceptors (Lipinski definition) is 3. The molecule has 1 aromatic carbocycles. The Morgan fingerprint density at radius 3 is 2.42 bits per heavy atom. The summed E-state index contributed by atoms with van der Waals surface area (Å²) in [5.74, 6) is -0.624. The third kappa shape index (κ3) is 3.68. The zero-order chi connectivity index (χ0) is 17.2. The summed E-state index contributed by atoms with van der Waals surface area (Å²) in [4.78, 5) is 28.9. The summed E-state index contributed by atoms with van der Waals surface area (Å²) in [7, 11) is 0. The van der Waals surface area contributed by atoms with Crippen LogP contribution in [0.2, 0.25) is 10.0 Å². The van der Waals surface area contributed by atoms with Gasteiger partial charge in [-0.3, -0.25) is 14.6 Å². The summed E-state index contributed by atoms with van der Waals surface area (Å²) in [5.41, 5.74) is 0.337. The molecule has 24 heavy (non-hydrogen) atoms. The van der Waals surface area contributed by atoms with E-state index >= 15 is 0 Å². The quantitative estimate of drug-likeness (QED) is 0.799. The number of amides is 2. The predicted octanol–water partition coefficient (Wildman–Crippen LogP) is 3.42. The molecule has 1 aromatic heterocycles. The van der Waals surface area contributed by atoms with Crippen LogP contribution in [0, 0.1) is 5.41 Å². The van der Waals surface area contributed by atoms with E-state index in [9.17, 15) is 9.59 Å². The monoisotopic (exact) mass is 363 g/mol. The van der Waals surface area contributed by atoms with E-state index in [4.69, 9.17) is 23.2 Å². The molecule has 1 saturated carbocycles. The Hall–Kier alpha value is -2.11. The topological polar surface area (TPSA) is 71.1 Å². The van der Waals surface area contributed by atoms with Crippen molar-refractivity contribution in [2.75, 3.05) is 5.32 Å². The van der Waals surface area contributed by atoms with Crippen molar-refractivity contribution in [1.29, 1.82) is 0 Å². The van der Waals surface area contributed by atoms with Crippen molar-refractivity contribution in [2.45, 2.75) is 19.4 Å². The molecule has 0 spiro atoms. The summed E-state index contributed by atoms with van der Waals surface area (Å²) >= 11 is 11.8. The summed E-state index contributed by atoms with van der Waals surface area (Å²) in [5, 5.41) is 6.36. The first kappa shape index (κ1) is 16.7. The molecule has 124 valence electrons. The van der Waals surface area contributed by atoms with Crippen LogP contribution in [0.25, 0.3) is 0 Å². The number of aromatic nitrogens is 1. The fourth-order valence-electron chi connectivity index (χ4n) is 2.41. The molecule has 1 fully saturated rings. The first-order valence-electron chi connectivity index (χ1n) is 7.44. The SMILES string of the molecule is O=C(NCc1cccnc1)C1(C(=O)Nc2cc(Cl)cc(Cl)c2)CC1. The molecule has 1 aliphatic rings. The lowest BCUT2D eigenvalue weighted by molar-refractivity contribution is -0.134. The van der Waals surface area contributed by atoms with Gasteiger partial charge in [0, 0.05) is 34.7 Å². The Bertz CT molecular complexity index is 756. The Kier molecular flexibility index (Phi) is 4.73. The van der Waals surface area contributed by atoms with E-state index < -0.39 is 5.41 Å². The van der Waals surface area contributed by atoms with Crippen molar-refractivity contribution < 1.29 is 9.59 Å². The van der Waals surface area contributed by atoms with E-state index in [1.54, 1.807) is 36.7 Å². The number of benzene rings is 1. The minimum absolute atomic E-state index is 0.281. The highest BCUT2D eigenvalue weighted by Crippen LogP contribution is 2.47. The van der Waals surface area contributed by atoms with Crippen LogP contribution in [0.3, 0.4) is 0 Å². The Morgan fingerprint density at radius 1 is 1.12 bits per heavy atom. The van der Waals surface area contributed by atoms with Crippen LogP contribution in [0.1, 0.15) is 18.4 Å². The Labute approximate surface area is 149 Å².